The van der Waals surface area contributed by atoms with E-state index >= 15 is 0 Å². The van der Waals surface area contributed by atoms with E-state index in [9.17, 15) is 0 Å². The highest BCUT2D eigenvalue weighted by Crippen LogP contribution is 2.23. The van der Waals surface area contributed by atoms with E-state index in [4.69, 9.17) is 18.9 Å². The number of hydrogen-bond acceptors (Lipinski definition) is 6. The molecule has 0 amide bonds. The Labute approximate surface area is 186 Å². The lowest BCUT2D eigenvalue weighted by atomic mass is 10.0. The van der Waals surface area contributed by atoms with Crippen LogP contribution in [0.15, 0.2) is 29.3 Å². The van der Waals surface area contributed by atoms with E-state index in [1.807, 2.05) is 19.2 Å². The molecule has 1 atom stereocenters. The van der Waals surface area contributed by atoms with Gasteiger partial charge in [0.15, 0.2) is 5.96 Å². The maximum atomic E-state index is 5.94. The number of guanidine groups is 1. The minimum atomic E-state index is 0.241. The molecule has 1 aromatic carbocycles. The smallest absolute Gasteiger partial charge is 0.191 e. The zero-order valence-electron chi connectivity index (χ0n) is 19.0. The number of morpholine rings is 1. The SMILES string of the molecule is CN=C(NCCCOC1CCOCC1)NCC(c1ccc(OC)cc1)N1CCOCC1. The van der Waals surface area contributed by atoms with E-state index in [0.717, 1.165) is 90.2 Å². The summed E-state index contributed by atoms with van der Waals surface area (Å²) in [5, 5.41) is 6.91. The number of benzene rings is 1. The fourth-order valence-corrected chi connectivity index (χ4v) is 3.96. The molecule has 2 fully saturated rings. The highest BCUT2D eigenvalue weighted by atomic mass is 16.5. The van der Waals surface area contributed by atoms with Gasteiger partial charge in [-0.15, -0.1) is 0 Å². The van der Waals surface area contributed by atoms with Gasteiger partial charge in [0.2, 0.25) is 0 Å². The molecule has 1 aromatic rings. The number of nitrogens with zero attached hydrogens (tertiary/aromatic N) is 2. The van der Waals surface area contributed by atoms with E-state index in [-0.39, 0.29) is 6.04 Å². The monoisotopic (exact) mass is 434 g/mol. The molecule has 0 aliphatic carbocycles. The summed E-state index contributed by atoms with van der Waals surface area (Å²) in [7, 11) is 3.51. The molecule has 0 bridgehead atoms. The van der Waals surface area contributed by atoms with Crippen LogP contribution in [0, 0.1) is 0 Å². The molecule has 3 rings (SSSR count). The molecule has 2 aliphatic rings. The van der Waals surface area contributed by atoms with E-state index in [1.165, 1.54) is 5.56 Å². The lowest BCUT2D eigenvalue weighted by Gasteiger charge is -2.35. The van der Waals surface area contributed by atoms with Crippen molar-refractivity contribution in [3.8, 4) is 5.75 Å². The van der Waals surface area contributed by atoms with Gasteiger partial charge in [-0.3, -0.25) is 9.89 Å². The molecule has 1 unspecified atom stereocenters. The fourth-order valence-electron chi connectivity index (χ4n) is 3.96. The molecule has 8 heteroatoms. The Hall–Kier alpha value is -1.87. The van der Waals surface area contributed by atoms with Gasteiger partial charge in [0.05, 0.1) is 32.5 Å². The minimum absolute atomic E-state index is 0.241. The normalized spacial score (nSPS) is 19.7. The fraction of sp³-hybridized carbons (Fsp3) is 0.696. The highest BCUT2D eigenvalue weighted by molar-refractivity contribution is 5.79. The number of aliphatic imine (C=N–C) groups is 1. The van der Waals surface area contributed by atoms with Crippen molar-refractivity contribution in [2.24, 2.45) is 4.99 Å². The molecule has 0 spiro atoms. The van der Waals surface area contributed by atoms with Gasteiger partial charge >= 0.3 is 0 Å². The molecule has 0 aromatic heterocycles. The Morgan fingerprint density at radius 3 is 2.48 bits per heavy atom. The number of nitrogens with one attached hydrogen (secondary N) is 2. The predicted octanol–water partition coefficient (Wildman–Crippen LogP) is 1.82. The second-order valence-corrected chi connectivity index (χ2v) is 7.85. The van der Waals surface area contributed by atoms with Crippen molar-refractivity contribution >= 4 is 5.96 Å². The van der Waals surface area contributed by atoms with Crippen molar-refractivity contribution in [2.75, 3.05) is 73.4 Å². The molecule has 2 aliphatic heterocycles. The first-order valence-corrected chi connectivity index (χ1v) is 11.4. The van der Waals surface area contributed by atoms with Gasteiger partial charge < -0.3 is 29.6 Å². The zero-order valence-corrected chi connectivity index (χ0v) is 19.0. The van der Waals surface area contributed by atoms with Crippen LogP contribution in [0.3, 0.4) is 0 Å². The predicted molar refractivity (Wildman–Crippen MR) is 122 cm³/mol. The van der Waals surface area contributed by atoms with Crippen molar-refractivity contribution in [3.05, 3.63) is 29.8 Å². The molecule has 2 heterocycles. The molecular formula is C23H38N4O4. The van der Waals surface area contributed by atoms with Crippen molar-refractivity contribution in [1.29, 1.82) is 0 Å². The van der Waals surface area contributed by atoms with E-state index in [1.54, 1.807) is 7.11 Å². The van der Waals surface area contributed by atoms with Crippen LogP contribution < -0.4 is 15.4 Å². The standard InChI is InChI=1S/C23H38N4O4/c1-24-23(25-10-3-13-31-21-8-14-29-15-9-21)26-18-22(27-11-16-30-17-12-27)19-4-6-20(28-2)7-5-19/h4-7,21-22H,3,8-18H2,1-2H3,(H2,24,25,26). The lowest BCUT2D eigenvalue weighted by Crippen LogP contribution is -2.46. The van der Waals surface area contributed by atoms with Crippen LogP contribution in [0.25, 0.3) is 0 Å². The topological polar surface area (TPSA) is 76.6 Å². The van der Waals surface area contributed by atoms with Crippen LogP contribution in [0.1, 0.15) is 30.9 Å². The summed E-state index contributed by atoms with van der Waals surface area (Å²) in [6, 6.07) is 8.57. The van der Waals surface area contributed by atoms with Gasteiger partial charge in [-0.2, -0.15) is 0 Å². The average molecular weight is 435 g/mol. The highest BCUT2D eigenvalue weighted by Gasteiger charge is 2.23. The Balaban J connectivity index is 1.45. The van der Waals surface area contributed by atoms with Crippen molar-refractivity contribution in [1.82, 2.24) is 15.5 Å². The largest absolute Gasteiger partial charge is 0.497 e. The average Bonchev–Trinajstić information content (AvgIpc) is 2.84. The molecule has 8 nitrogen and oxygen atoms in total. The Morgan fingerprint density at radius 1 is 1.10 bits per heavy atom. The first kappa shape index (κ1) is 23.8. The van der Waals surface area contributed by atoms with E-state index in [2.05, 4.69) is 32.7 Å². The second kappa shape index (κ2) is 13.5. The lowest BCUT2D eigenvalue weighted by molar-refractivity contribution is -0.0320. The summed E-state index contributed by atoms with van der Waals surface area (Å²) in [6.07, 6.45) is 3.31. The van der Waals surface area contributed by atoms with Crippen LogP contribution in [-0.2, 0) is 14.2 Å². The number of hydrogen-bond donors (Lipinski definition) is 2. The first-order valence-electron chi connectivity index (χ1n) is 11.4. The number of ether oxygens (including phenoxy) is 4. The summed E-state index contributed by atoms with van der Waals surface area (Å²) in [6.45, 7) is 7.38. The Bertz CT molecular complexity index is 643. The Morgan fingerprint density at radius 2 is 1.81 bits per heavy atom. The molecule has 2 saturated heterocycles. The van der Waals surface area contributed by atoms with Gasteiger partial charge in [-0.25, -0.2) is 0 Å². The van der Waals surface area contributed by atoms with Crippen LogP contribution >= 0.6 is 0 Å². The van der Waals surface area contributed by atoms with Crippen LogP contribution in [0.5, 0.6) is 5.75 Å². The molecule has 0 saturated carbocycles. The Kier molecular flexibility index (Phi) is 10.4. The number of rotatable bonds is 10. The summed E-state index contributed by atoms with van der Waals surface area (Å²) >= 11 is 0. The summed E-state index contributed by atoms with van der Waals surface area (Å²) < 4.78 is 22.2. The van der Waals surface area contributed by atoms with Gasteiger partial charge in [-0.1, -0.05) is 12.1 Å². The van der Waals surface area contributed by atoms with Crippen LogP contribution in [0.4, 0.5) is 0 Å². The molecule has 31 heavy (non-hydrogen) atoms. The van der Waals surface area contributed by atoms with Crippen LogP contribution in [0.2, 0.25) is 0 Å². The molecule has 2 N–H and O–H groups in total. The van der Waals surface area contributed by atoms with Crippen molar-refractivity contribution in [3.63, 3.8) is 0 Å². The molecular weight excluding hydrogens is 396 g/mol. The maximum absolute atomic E-state index is 5.94. The van der Waals surface area contributed by atoms with Crippen molar-refractivity contribution in [2.45, 2.75) is 31.4 Å². The van der Waals surface area contributed by atoms with E-state index < -0.39 is 0 Å². The molecule has 0 radical (unpaired) electrons. The van der Waals surface area contributed by atoms with E-state index in [0.29, 0.717) is 6.10 Å². The van der Waals surface area contributed by atoms with Gasteiger partial charge in [0.1, 0.15) is 5.75 Å². The van der Waals surface area contributed by atoms with Gasteiger partial charge in [-0.05, 0) is 37.0 Å². The summed E-state index contributed by atoms with van der Waals surface area (Å²) in [4.78, 5) is 6.85. The zero-order chi connectivity index (χ0) is 21.7. The second-order valence-electron chi connectivity index (χ2n) is 7.85. The quantitative estimate of drug-likeness (QED) is 0.330. The minimum Gasteiger partial charge on any atom is -0.497 e. The van der Waals surface area contributed by atoms with Gasteiger partial charge in [0.25, 0.3) is 0 Å². The van der Waals surface area contributed by atoms with Gasteiger partial charge in [0, 0.05) is 53.0 Å². The first-order chi connectivity index (χ1) is 15.3. The summed E-state index contributed by atoms with van der Waals surface area (Å²) in [5.41, 5.74) is 1.26. The third-order valence-electron chi connectivity index (χ3n) is 5.81. The maximum Gasteiger partial charge on any atom is 0.191 e. The molecule has 174 valence electrons. The third-order valence-corrected chi connectivity index (χ3v) is 5.81. The third kappa shape index (κ3) is 7.96. The van der Waals surface area contributed by atoms with Crippen LogP contribution in [-0.4, -0.2) is 90.3 Å². The van der Waals surface area contributed by atoms with Crippen molar-refractivity contribution < 1.29 is 18.9 Å². The summed E-state index contributed by atoms with van der Waals surface area (Å²) in [5.74, 6) is 1.69. The number of methoxy groups -OCH3 is 1.